The molecule has 0 fully saturated rings. The van der Waals surface area contributed by atoms with Gasteiger partial charge in [0.1, 0.15) is 16.3 Å². The summed E-state index contributed by atoms with van der Waals surface area (Å²) in [7, 11) is -4.48. The van der Waals surface area contributed by atoms with E-state index in [-0.39, 0.29) is 45.8 Å². The second-order valence-corrected chi connectivity index (χ2v) is 8.70. The SMILES string of the molecule is Nc1c(/N=N/c2ccc(-c3cccc4cccnc34)nc2)cc(S(=O)(=O)O)c2ccccc12.[NaH]. The zero-order valence-electron chi connectivity index (χ0n) is 17.1. The average Bonchev–Trinajstić information content (AvgIpc) is 2.83. The molecule has 0 amide bonds. The number of para-hydroxylation sites is 1. The van der Waals surface area contributed by atoms with Gasteiger partial charge in [-0.2, -0.15) is 8.42 Å². The number of rotatable bonds is 4. The van der Waals surface area contributed by atoms with Gasteiger partial charge in [-0.05, 0) is 24.3 Å². The molecule has 8 nitrogen and oxygen atoms in total. The Morgan fingerprint density at radius 3 is 2.35 bits per heavy atom. The van der Waals surface area contributed by atoms with Crippen LogP contribution in [0.1, 0.15) is 0 Å². The summed E-state index contributed by atoms with van der Waals surface area (Å²) in [4.78, 5) is 8.65. The van der Waals surface area contributed by atoms with E-state index >= 15 is 0 Å². The summed E-state index contributed by atoms with van der Waals surface area (Å²) in [6, 6.07) is 21.1. The molecule has 0 aliphatic carbocycles. The molecule has 0 radical (unpaired) electrons. The van der Waals surface area contributed by atoms with E-state index in [0.717, 1.165) is 22.2 Å². The Morgan fingerprint density at radius 1 is 0.853 bits per heavy atom. The second kappa shape index (κ2) is 9.57. The molecule has 5 aromatic rings. The third-order valence-corrected chi connectivity index (χ3v) is 6.13. The van der Waals surface area contributed by atoms with Gasteiger partial charge in [-0.15, -0.1) is 10.2 Å². The minimum absolute atomic E-state index is 0. The van der Waals surface area contributed by atoms with Gasteiger partial charge in [-0.25, -0.2) is 0 Å². The summed E-state index contributed by atoms with van der Waals surface area (Å²) < 4.78 is 33.4. The van der Waals surface area contributed by atoms with Crippen molar-refractivity contribution >= 4 is 78.4 Å². The molecule has 164 valence electrons. The van der Waals surface area contributed by atoms with Crippen LogP contribution in [0.4, 0.5) is 17.1 Å². The number of nitrogens with zero attached hydrogens (tertiary/aromatic N) is 4. The van der Waals surface area contributed by atoms with Crippen molar-refractivity contribution in [1.82, 2.24) is 9.97 Å². The summed E-state index contributed by atoms with van der Waals surface area (Å²) in [5.74, 6) is 0. The number of azo groups is 1. The number of pyridine rings is 2. The number of nitrogens with two attached hydrogens (primary N) is 1. The van der Waals surface area contributed by atoms with Crippen LogP contribution in [0.25, 0.3) is 32.9 Å². The number of hydrogen-bond donors (Lipinski definition) is 2. The molecule has 2 heterocycles. The van der Waals surface area contributed by atoms with Crippen LogP contribution in [-0.4, -0.2) is 52.5 Å². The quantitative estimate of drug-likeness (QED) is 0.161. The maximum absolute atomic E-state index is 11.9. The normalized spacial score (nSPS) is 11.7. The van der Waals surface area contributed by atoms with E-state index in [1.54, 1.807) is 42.7 Å². The van der Waals surface area contributed by atoms with Gasteiger partial charge in [0.25, 0.3) is 10.1 Å². The van der Waals surface area contributed by atoms with Crippen molar-refractivity contribution < 1.29 is 13.0 Å². The first-order chi connectivity index (χ1) is 15.9. The van der Waals surface area contributed by atoms with Crippen molar-refractivity contribution in [2.45, 2.75) is 4.90 Å². The van der Waals surface area contributed by atoms with Crippen molar-refractivity contribution in [3.63, 3.8) is 0 Å². The van der Waals surface area contributed by atoms with Gasteiger partial charge in [0, 0.05) is 27.9 Å². The van der Waals surface area contributed by atoms with Gasteiger partial charge in [0.15, 0.2) is 0 Å². The van der Waals surface area contributed by atoms with Crippen LogP contribution in [-0.2, 0) is 10.1 Å². The Hall–Kier alpha value is -3.21. The summed E-state index contributed by atoms with van der Waals surface area (Å²) in [6.45, 7) is 0. The van der Waals surface area contributed by atoms with E-state index in [4.69, 9.17) is 5.73 Å². The molecular weight excluding hydrogens is 461 g/mol. The Balaban J connectivity index is 0.00000274. The molecule has 34 heavy (non-hydrogen) atoms. The Labute approximate surface area is 217 Å². The number of hydrogen-bond acceptors (Lipinski definition) is 7. The van der Waals surface area contributed by atoms with Crippen LogP contribution >= 0.6 is 0 Å². The van der Waals surface area contributed by atoms with Crippen LogP contribution in [0.15, 0.2) is 100 Å². The van der Waals surface area contributed by atoms with E-state index in [2.05, 4.69) is 20.2 Å². The molecule has 3 aromatic carbocycles. The Morgan fingerprint density at radius 2 is 1.62 bits per heavy atom. The molecule has 5 rings (SSSR count). The molecule has 2 aromatic heterocycles. The fourth-order valence-electron chi connectivity index (χ4n) is 3.67. The first-order valence-electron chi connectivity index (χ1n) is 9.92. The van der Waals surface area contributed by atoms with Gasteiger partial charge in [-0.3, -0.25) is 14.5 Å². The molecule has 0 spiro atoms. The van der Waals surface area contributed by atoms with Crippen LogP contribution < -0.4 is 5.73 Å². The molecule has 0 unspecified atom stereocenters. The molecule has 0 aliphatic rings. The van der Waals surface area contributed by atoms with Crippen molar-refractivity contribution in [1.29, 1.82) is 0 Å². The van der Waals surface area contributed by atoms with Crippen LogP contribution in [0.5, 0.6) is 0 Å². The van der Waals surface area contributed by atoms with E-state index in [0.29, 0.717) is 16.5 Å². The predicted molar refractivity (Wildman–Crippen MR) is 134 cm³/mol. The zero-order valence-corrected chi connectivity index (χ0v) is 17.9. The monoisotopic (exact) mass is 479 g/mol. The zero-order chi connectivity index (χ0) is 23.0. The molecule has 0 saturated heterocycles. The fourth-order valence-corrected chi connectivity index (χ4v) is 4.39. The summed E-state index contributed by atoms with van der Waals surface area (Å²) >= 11 is 0. The molecular formula is C24H18N5NaO3S. The van der Waals surface area contributed by atoms with Gasteiger partial charge in [0.2, 0.25) is 0 Å². The van der Waals surface area contributed by atoms with Crippen molar-refractivity contribution in [2.75, 3.05) is 5.73 Å². The average molecular weight is 479 g/mol. The van der Waals surface area contributed by atoms with E-state index in [9.17, 15) is 13.0 Å². The first-order valence-corrected chi connectivity index (χ1v) is 11.4. The van der Waals surface area contributed by atoms with E-state index in [1.165, 1.54) is 6.07 Å². The predicted octanol–water partition coefficient (Wildman–Crippen LogP) is 5.05. The Kier molecular flexibility index (Phi) is 6.74. The van der Waals surface area contributed by atoms with Crippen LogP contribution in [0.2, 0.25) is 0 Å². The molecule has 0 atom stereocenters. The van der Waals surface area contributed by atoms with Crippen molar-refractivity contribution in [2.24, 2.45) is 10.2 Å². The number of benzene rings is 3. The molecule has 0 saturated carbocycles. The van der Waals surface area contributed by atoms with Crippen molar-refractivity contribution in [3.05, 3.63) is 85.2 Å². The maximum atomic E-state index is 11.9. The number of nitrogen functional groups attached to an aromatic ring is 1. The standard InChI is InChI=1S/C24H17N5O3S.Na.H/c25-23-18-8-2-1-7-17(18)22(33(30,31)32)13-21(23)29-28-16-10-11-20(27-14-16)19-9-3-5-15-6-4-12-26-24(15)19;;/h1-14H,25H2,(H,30,31,32);;/b29-28+;;. The minimum atomic E-state index is -4.48. The number of aromatic nitrogens is 2. The first kappa shape index (κ1) is 23.9. The molecule has 0 aliphatic heterocycles. The number of fused-ring (bicyclic) bond motifs is 2. The number of anilines is 1. The van der Waals surface area contributed by atoms with Gasteiger partial charge in [-0.1, -0.05) is 48.5 Å². The van der Waals surface area contributed by atoms with Gasteiger partial charge >= 0.3 is 29.6 Å². The summed E-state index contributed by atoms with van der Waals surface area (Å²) in [6.07, 6.45) is 3.30. The summed E-state index contributed by atoms with van der Waals surface area (Å²) in [5, 5.41) is 10.1. The molecule has 0 bridgehead atoms. The molecule has 10 heteroatoms. The van der Waals surface area contributed by atoms with Crippen molar-refractivity contribution in [3.8, 4) is 11.3 Å². The summed E-state index contributed by atoms with van der Waals surface area (Å²) in [5.41, 5.74) is 9.51. The topological polar surface area (TPSA) is 131 Å². The fraction of sp³-hybridized carbons (Fsp3) is 0. The third-order valence-electron chi connectivity index (χ3n) is 5.23. The van der Waals surface area contributed by atoms with Gasteiger partial charge in [0.05, 0.1) is 23.1 Å². The molecule has 3 N–H and O–H groups in total. The van der Waals surface area contributed by atoms with Gasteiger partial charge < -0.3 is 5.73 Å². The Bertz CT molecular complexity index is 1650. The van der Waals surface area contributed by atoms with Crippen LogP contribution in [0, 0.1) is 0 Å². The van der Waals surface area contributed by atoms with E-state index in [1.807, 2.05) is 36.4 Å². The third kappa shape index (κ3) is 4.56. The van der Waals surface area contributed by atoms with E-state index < -0.39 is 10.1 Å². The second-order valence-electron chi connectivity index (χ2n) is 7.31. The van der Waals surface area contributed by atoms with Crippen LogP contribution in [0.3, 0.4) is 0 Å².